The Kier molecular flexibility index (Phi) is 5.18. The van der Waals surface area contributed by atoms with Crippen LogP contribution in [-0.4, -0.2) is 11.2 Å². The smallest absolute Gasteiger partial charge is 0.203 e. The van der Waals surface area contributed by atoms with E-state index < -0.39 is 0 Å². The maximum atomic E-state index is 13.5. The Morgan fingerprint density at radius 3 is 2.71 bits per heavy atom. The summed E-state index contributed by atoms with van der Waals surface area (Å²) < 4.78 is 19.1. The second-order valence-electron chi connectivity index (χ2n) is 5.11. The van der Waals surface area contributed by atoms with Crippen molar-refractivity contribution >= 4 is 22.7 Å². The van der Waals surface area contributed by atoms with Gasteiger partial charge in [-0.1, -0.05) is 18.2 Å². The van der Waals surface area contributed by atoms with Crippen molar-refractivity contribution in [2.45, 2.75) is 13.5 Å². The van der Waals surface area contributed by atoms with Crippen molar-refractivity contribution in [3.63, 3.8) is 0 Å². The molecule has 2 aromatic carbocycles. The minimum absolute atomic E-state index is 0.199. The molecule has 0 fully saturated rings. The number of rotatable bonds is 6. The third kappa shape index (κ3) is 4.39. The lowest BCUT2D eigenvalue weighted by Crippen LogP contribution is -1.98. The van der Waals surface area contributed by atoms with Gasteiger partial charge in [0.05, 0.1) is 11.9 Å². The molecule has 0 radical (unpaired) electrons. The van der Waals surface area contributed by atoms with Crippen molar-refractivity contribution in [3.8, 4) is 5.75 Å². The summed E-state index contributed by atoms with van der Waals surface area (Å²) in [6.45, 7) is 2.14. The van der Waals surface area contributed by atoms with Crippen molar-refractivity contribution in [3.05, 3.63) is 76.5 Å². The number of ether oxygens (including phenoxy) is 1. The number of anilines is 1. The van der Waals surface area contributed by atoms with Gasteiger partial charge in [-0.3, -0.25) is 5.43 Å². The molecule has 1 N–H and O–H groups in total. The van der Waals surface area contributed by atoms with E-state index in [4.69, 9.17) is 4.74 Å². The van der Waals surface area contributed by atoms with E-state index in [2.05, 4.69) is 15.5 Å². The standard InChI is InChI=1S/C18H16FN3OS/c1-13-12-24-18(21-13)22-20-10-14-6-8-16(9-7-14)23-11-15-4-2-3-5-17(15)19/h2-10,12H,11H2,1H3,(H,21,22). The fraction of sp³-hybridized carbons (Fsp3) is 0.111. The second kappa shape index (κ2) is 7.70. The molecule has 3 rings (SSSR count). The van der Waals surface area contributed by atoms with Crippen molar-refractivity contribution in [1.82, 2.24) is 4.98 Å². The first kappa shape index (κ1) is 16.1. The lowest BCUT2D eigenvalue weighted by atomic mass is 10.2. The maximum absolute atomic E-state index is 13.5. The van der Waals surface area contributed by atoms with Gasteiger partial charge in [0.15, 0.2) is 0 Å². The highest BCUT2D eigenvalue weighted by atomic mass is 32.1. The molecule has 122 valence electrons. The van der Waals surface area contributed by atoms with Crippen LogP contribution < -0.4 is 10.2 Å². The largest absolute Gasteiger partial charge is 0.489 e. The highest BCUT2D eigenvalue weighted by Gasteiger charge is 2.01. The van der Waals surface area contributed by atoms with Crippen LogP contribution >= 0.6 is 11.3 Å². The first-order valence-electron chi connectivity index (χ1n) is 7.38. The van der Waals surface area contributed by atoms with E-state index in [1.165, 1.54) is 17.4 Å². The van der Waals surface area contributed by atoms with Crippen LogP contribution in [0.1, 0.15) is 16.8 Å². The van der Waals surface area contributed by atoms with Crippen LogP contribution in [0.25, 0.3) is 0 Å². The van der Waals surface area contributed by atoms with E-state index in [0.29, 0.717) is 11.3 Å². The third-order valence-electron chi connectivity index (χ3n) is 3.23. The van der Waals surface area contributed by atoms with E-state index in [-0.39, 0.29) is 12.4 Å². The molecule has 0 spiro atoms. The number of hydrogen-bond donors (Lipinski definition) is 1. The molecular weight excluding hydrogens is 325 g/mol. The zero-order valence-electron chi connectivity index (χ0n) is 13.1. The van der Waals surface area contributed by atoms with Gasteiger partial charge in [-0.25, -0.2) is 9.37 Å². The Morgan fingerprint density at radius 2 is 2.00 bits per heavy atom. The predicted molar refractivity (Wildman–Crippen MR) is 95.2 cm³/mol. The van der Waals surface area contributed by atoms with Gasteiger partial charge in [-0.2, -0.15) is 5.10 Å². The van der Waals surface area contributed by atoms with Crippen LogP contribution in [0.15, 0.2) is 59.0 Å². The summed E-state index contributed by atoms with van der Waals surface area (Å²) in [5.74, 6) is 0.420. The van der Waals surface area contributed by atoms with Crippen LogP contribution in [0, 0.1) is 12.7 Å². The van der Waals surface area contributed by atoms with Crippen LogP contribution in [-0.2, 0) is 6.61 Å². The zero-order chi connectivity index (χ0) is 16.8. The molecule has 0 saturated carbocycles. The number of hydrazone groups is 1. The fourth-order valence-corrected chi connectivity index (χ4v) is 2.63. The van der Waals surface area contributed by atoms with Gasteiger partial charge in [0.2, 0.25) is 5.13 Å². The Labute approximate surface area is 143 Å². The molecule has 24 heavy (non-hydrogen) atoms. The van der Waals surface area contributed by atoms with E-state index in [1.54, 1.807) is 24.4 Å². The molecular formula is C18H16FN3OS. The van der Waals surface area contributed by atoms with Gasteiger partial charge in [0.1, 0.15) is 18.2 Å². The summed E-state index contributed by atoms with van der Waals surface area (Å²) in [4.78, 5) is 4.26. The van der Waals surface area contributed by atoms with Crippen LogP contribution in [0.4, 0.5) is 9.52 Å². The SMILES string of the molecule is Cc1csc(NN=Cc2ccc(OCc3ccccc3F)cc2)n1. The van der Waals surface area contributed by atoms with Crippen molar-refractivity contribution in [2.75, 3.05) is 5.43 Å². The van der Waals surface area contributed by atoms with Crippen LogP contribution in [0.5, 0.6) is 5.75 Å². The van der Waals surface area contributed by atoms with E-state index >= 15 is 0 Å². The van der Waals surface area contributed by atoms with Gasteiger partial charge in [0.25, 0.3) is 0 Å². The van der Waals surface area contributed by atoms with Gasteiger partial charge in [0, 0.05) is 10.9 Å². The Balaban J connectivity index is 1.54. The normalized spacial score (nSPS) is 10.9. The molecule has 4 nitrogen and oxygen atoms in total. The van der Waals surface area contributed by atoms with E-state index in [0.717, 1.165) is 16.4 Å². The fourth-order valence-electron chi connectivity index (χ4n) is 1.99. The summed E-state index contributed by atoms with van der Waals surface area (Å²) in [6, 6.07) is 14.0. The number of nitrogens with one attached hydrogen (secondary N) is 1. The lowest BCUT2D eigenvalue weighted by Gasteiger charge is -2.07. The van der Waals surface area contributed by atoms with Crippen LogP contribution in [0.2, 0.25) is 0 Å². The first-order chi connectivity index (χ1) is 11.7. The topological polar surface area (TPSA) is 46.5 Å². The molecule has 1 heterocycles. The quantitative estimate of drug-likeness (QED) is 0.526. The average molecular weight is 341 g/mol. The molecule has 6 heteroatoms. The first-order valence-corrected chi connectivity index (χ1v) is 8.26. The Morgan fingerprint density at radius 1 is 1.21 bits per heavy atom. The molecule has 0 atom stereocenters. The molecule has 0 amide bonds. The molecule has 0 aliphatic carbocycles. The molecule has 1 aromatic heterocycles. The van der Waals surface area contributed by atoms with Gasteiger partial charge >= 0.3 is 0 Å². The summed E-state index contributed by atoms with van der Waals surface area (Å²) in [5, 5.41) is 6.86. The summed E-state index contributed by atoms with van der Waals surface area (Å²) in [7, 11) is 0. The van der Waals surface area contributed by atoms with Gasteiger partial charge in [-0.05, 0) is 42.8 Å². The number of aromatic nitrogens is 1. The summed E-state index contributed by atoms with van der Waals surface area (Å²) >= 11 is 1.51. The van der Waals surface area contributed by atoms with Crippen molar-refractivity contribution in [2.24, 2.45) is 5.10 Å². The highest BCUT2D eigenvalue weighted by molar-refractivity contribution is 7.13. The van der Waals surface area contributed by atoms with Gasteiger partial charge in [-0.15, -0.1) is 11.3 Å². The number of aryl methyl sites for hydroxylation is 1. The Hall–Kier alpha value is -2.73. The van der Waals surface area contributed by atoms with E-state index in [9.17, 15) is 4.39 Å². The molecule has 3 aromatic rings. The Bertz CT molecular complexity index is 830. The summed E-state index contributed by atoms with van der Waals surface area (Å²) in [6.07, 6.45) is 1.71. The lowest BCUT2D eigenvalue weighted by molar-refractivity contribution is 0.300. The monoisotopic (exact) mass is 341 g/mol. The minimum Gasteiger partial charge on any atom is -0.489 e. The second-order valence-corrected chi connectivity index (χ2v) is 5.97. The number of halogens is 1. The molecule has 0 saturated heterocycles. The van der Waals surface area contributed by atoms with Crippen molar-refractivity contribution in [1.29, 1.82) is 0 Å². The molecule has 0 unspecified atom stereocenters. The molecule has 0 aliphatic rings. The number of nitrogens with zero attached hydrogens (tertiary/aromatic N) is 2. The van der Waals surface area contributed by atoms with Crippen molar-refractivity contribution < 1.29 is 9.13 Å². The highest BCUT2D eigenvalue weighted by Crippen LogP contribution is 2.16. The average Bonchev–Trinajstić information content (AvgIpc) is 3.01. The van der Waals surface area contributed by atoms with Crippen LogP contribution in [0.3, 0.4) is 0 Å². The predicted octanol–water partition coefficient (Wildman–Crippen LogP) is 4.62. The maximum Gasteiger partial charge on any atom is 0.203 e. The van der Waals surface area contributed by atoms with E-state index in [1.807, 2.05) is 36.6 Å². The third-order valence-corrected chi connectivity index (χ3v) is 4.09. The van der Waals surface area contributed by atoms with Gasteiger partial charge < -0.3 is 4.74 Å². The molecule has 0 bridgehead atoms. The number of hydrogen-bond acceptors (Lipinski definition) is 5. The number of thiazole rings is 1. The molecule has 0 aliphatic heterocycles. The minimum atomic E-state index is -0.259. The summed E-state index contributed by atoms with van der Waals surface area (Å²) in [5.41, 5.74) is 5.31. The zero-order valence-corrected chi connectivity index (χ0v) is 13.9. The number of benzene rings is 2.